The van der Waals surface area contributed by atoms with E-state index in [-0.39, 0.29) is 41.7 Å². The van der Waals surface area contributed by atoms with Crippen LogP contribution in [0.15, 0.2) is 23.1 Å². The van der Waals surface area contributed by atoms with Gasteiger partial charge in [-0.3, -0.25) is 0 Å². The van der Waals surface area contributed by atoms with Crippen molar-refractivity contribution in [2.75, 3.05) is 20.3 Å². The van der Waals surface area contributed by atoms with E-state index in [2.05, 4.69) is 4.72 Å². The first-order valence-corrected chi connectivity index (χ1v) is 9.40. The highest BCUT2D eigenvalue weighted by molar-refractivity contribution is 7.89. The van der Waals surface area contributed by atoms with Crippen LogP contribution < -0.4 is 15.2 Å². The van der Waals surface area contributed by atoms with E-state index in [4.69, 9.17) is 26.8 Å². The summed E-state index contributed by atoms with van der Waals surface area (Å²) in [6.45, 7) is 2.35. The van der Waals surface area contributed by atoms with E-state index >= 15 is 0 Å². The molecule has 0 aliphatic heterocycles. The summed E-state index contributed by atoms with van der Waals surface area (Å²) in [7, 11) is -2.20. The number of nitrogens with two attached hydrogens (primary N) is 1. The Morgan fingerprint density at radius 1 is 1.42 bits per heavy atom. The third kappa shape index (κ3) is 6.06. The molecule has 2 unspecified atom stereocenters. The third-order valence-corrected chi connectivity index (χ3v) is 5.34. The van der Waals surface area contributed by atoms with E-state index in [0.29, 0.717) is 17.5 Å². The fourth-order valence-electron chi connectivity index (χ4n) is 2.25. The quantitative estimate of drug-likeness (QED) is 0.664. The maximum absolute atomic E-state index is 12.6. The highest BCUT2D eigenvalue weighted by Gasteiger charge is 2.30. The minimum Gasteiger partial charge on any atom is -0.487 e. The number of hydrogen-bond donors (Lipinski definition) is 2. The van der Waals surface area contributed by atoms with E-state index < -0.39 is 10.0 Å². The highest BCUT2D eigenvalue weighted by Crippen LogP contribution is 2.32. The summed E-state index contributed by atoms with van der Waals surface area (Å²) in [4.78, 5) is 0.0101. The molecule has 0 heterocycles. The number of ether oxygens (including phenoxy) is 2. The Labute approximate surface area is 154 Å². The zero-order chi connectivity index (χ0) is 17.0. The number of hydrogen-bond acceptors (Lipinski definition) is 5. The van der Waals surface area contributed by atoms with Gasteiger partial charge in [0.05, 0.1) is 6.61 Å². The number of nitrogens with one attached hydrogen (secondary N) is 1. The number of sulfonamides is 1. The van der Waals surface area contributed by atoms with Crippen LogP contribution in [0.4, 0.5) is 0 Å². The first-order chi connectivity index (χ1) is 10.8. The second-order valence-corrected chi connectivity index (χ2v) is 8.00. The topological polar surface area (TPSA) is 90.6 Å². The lowest BCUT2D eigenvalue weighted by Crippen LogP contribution is -2.38. The molecule has 0 radical (unpaired) electrons. The Kier molecular flexibility index (Phi) is 8.25. The van der Waals surface area contributed by atoms with Crippen LogP contribution in [0.25, 0.3) is 0 Å². The van der Waals surface area contributed by atoms with Crippen molar-refractivity contribution in [2.24, 2.45) is 11.7 Å². The zero-order valence-corrected chi connectivity index (χ0v) is 16.1. The molecule has 0 bridgehead atoms. The molecular formula is C15H24Cl2N2O4S. The molecule has 0 saturated heterocycles. The third-order valence-electron chi connectivity index (χ3n) is 3.66. The fraction of sp³-hybridized carbons (Fsp3) is 0.600. The normalized spacial score (nSPS) is 17.0. The average molecular weight is 399 g/mol. The second kappa shape index (κ2) is 9.22. The largest absolute Gasteiger partial charge is 0.487 e. The van der Waals surface area contributed by atoms with E-state index in [1.807, 2.05) is 0 Å². The monoisotopic (exact) mass is 398 g/mol. The van der Waals surface area contributed by atoms with Crippen LogP contribution in [0.5, 0.6) is 5.75 Å². The van der Waals surface area contributed by atoms with E-state index in [1.165, 1.54) is 6.07 Å². The average Bonchev–Trinajstić information content (AvgIpc) is 3.31. The minimum atomic E-state index is -3.76. The van der Waals surface area contributed by atoms with Crippen LogP contribution in [0, 0.1) is 5.92 Å². The molecule has 6 nitrogen and oxygen atoms in total. The van der Waals surface area contributed by atoms with Crippen molar-refractivity contribution < 1.29 is 17.9 Å². The van der Waals surface area contributed by atoms with Gasteiger partial charge in [0, 0.05) is 24.7 Å². The van der Waals surface area contributed by atoms with Gasteiger partial charge in [0.1, 0.15) is 16.7 Å². The first-order valence-electron chi connectivity index (χ1n) is 7.54. The molecule has 1 saturated carbocycles. The smallest absolute Gasteiger partial charge is 0.244 e. The van der Waals surface area contributed by atoms with Crippen molar-refractivity contribution >= 4 is 34.0 Å². The molecule has 0 amide bonds. The molecule has 24 heavy (non-hydrogen) atoms. The molecular weight excluding hydrogens is 375 g/mol. The van der Waals surface area contributed by atoms with Crippen molar-refractivity contribution in [3.05, 3.63) is 23.2 Å². The fourth-order valence-corrected chi connectivity index (χ4v) is 3.72. The molecule has 1 fully saturated rings. The molecule has 2 rings (SSSR count). The molecule has 3 N–H and O–H groups in total. The first kappa shape index (κ1) is 21.5. The standard InChI is InChI=1S/C15H23ClN2O4S.ClH/c1-10(9-21-2)22-14-6-5-12(16)7-15(14)23(19,20)18-8-13(17)11-3-4-11;/h5-7,10-11,13,18H,3-4,8-9,17H2,1-2H3;1H. The van der Waals surface area contributed by atoms with Crippen LogP contribution in [-0.2, 0) is 14.8 Å². The molecule has 1 aliphatic rings. The van der Waals surface area contributed by atoms with Crippen molar-refractivity contribution in [2.45, 2.75) is 36.8 Å². The number of benzene rings is 1. The lowest BCUT2D eigenvalue weighted by atomic mass is 10.2. The van der Waals surface area contributed by atoms with Gasteiger partial charge in [0.25, 0.3) is 0 Å². The van der Waals surface area contributed by atoms with Gasteiger partial charge in [0.2, 0.25) is 10.0 Å². The zero-order valence-electron chi connectivity index (χ0n) is 13.7. The second-order valence-electron chi connectivity index (χ2n) is 5.83. The number of rotatable bonds is 9. The summed E-state index contributed by atoms with van der Waals surface area (Å²) < 4.78 is 38.3. The predicted octanol–water partition coefficient (Wildman–Crippen LogP) is 2.19. The Morgan fingerprint density at radius 3 is 2.67 bits per heavy atom. The predicted molar refractivity (Wildman–Crippen MR) is 96.6 cm³/mol. The summed E-state index contributed by atoms with van der Waals surface area (Å²) in [6.07, 6.45) is 1.83. The maximum Gasteiger partial charge on any atom is 0.244 e. The van der Waals surface area contributed by atoms with Crippen LogP contribution in [0.2, 0.25) is 5.02 Å². The maximum atomic E-state index is 12.6. The number of methoxy groups -OCH3 is 1. The molecule has 9 heteroatoms. The summed E-state index contributed by atoms with van der Waals surface area (Å²) in [6, 6.07) is 4.34. The molecule has 0 aromatic heterocycles. The molecule has 138 valence electrons. The Hall–Kier alpha value is -0.570. The van der Waals surface area contributed by atoms with Gasteiger partial charge in [-0.15, -0.1) is 12.4 Å². The molecule has 1 aromatic carbocycles. The van der Waals surface area contributed by atoms with Gasteiger partial charge >= 0.3 is 0 Å². The lowest BCUT2D eigenvalue weighted by molar-refractivity contribution is 0.0901. The minimum absolute atomic E-state index is 0. The van der Waals surface area contributed by atoms with Gasteiger partial charge in [-0.2, -0.15) is 0 Å². The van der Waals surface area contributed by atoms with Crippen molar-refractivity contribution in [3.8, 4) is 5.75 Å². The molecule has 0 spiro atoms. The molecule has 2 atom stereocenters. The summed E-state index contributed by atoms with van der Waals surface area (Å²) in [5.41, 5.74) is 5.95. The van der Waals surface area contributed by atoms with Gasteiger partial charge in [0.15, 0.2) is 0 Å². The van der Waals surface area contributed by atoms with Crippen molar-refractivity contribution in [1.29, 1.82) is 0 Å². The summed E-state index contributed by atoms with van der Waals surface area (Å²) >= 11 is 5.95. The molecule has 1 aliphatic carbocycles. The van der Waals surface area contributed by atoms with Gasteiger partial charge < -0.3 is 15.2 Å². The Bertz CT molecular complexity index is 638. The van der Waals surface area contributed by atoms with Crippen LogP contribution in [0.1, 0.15) is 19.8 Å². The van der Waals surface area contributed by atoms with E-state index in [0.717, 1.165) is 12.8 Å². The summed E-state index contributed by atoms with van der Waals surface area (Å²) in [5, 5.41) is 0.323. The van der Waals surface area contributed by atoms with Crippen molar-refractivity contribution in [1.82, 2.24) is 4.72 Å². The van der Waals surface area contributed by atoms with Gasteiger partial charge in [-0.25, -0.2) is 13.1 Å². The highest BCUT2D eigenvalue weighted by atomic mass is 35.5. The van der Waals surface area contributed by atoms with E-state index in [9.17, 15) is 8.42 Å². The SMILES string of the molecule is COCC(C)Oc1ccc(Cl)cc1S(=O)(=O)NCC(N)C1CC1.Cl. The van der Waals surface area contributed by atoms with Gasteiger partial charge in [-0.05, 0) is 43.9 Å². The summed E-state index contributed by atoms with van der Waals surface area (Å²) in [5.74, 6) is 0.654. The van der Waals surface area contributed by atoms with E-state index in [1.54, 1.807) is 26.2 Å². The van der Waals surface area contributed by atoms with Crippen LogP contribution in [0.3, 0.4) is 0 Å². The van der Waals surface area contributed by atoms with Crippen LogP contribution >= 0.6 is 24.0 Å². The lowest BCUT2D eigenvalue weighted by Gasteiger charge is -2.18. The Morgan fingerprint density at radius 2 is 2.08 bits per heavy atom. The van der Waals surface area contributed by atoms with Gasteiger partial charge in [-0.1, -0.05) is 11.6 Å². The molecule has 1 aromatic rings. The Balaban J connectivity index is 0.00000288. The number of halogens is 2. The van der Waals surface area contributed by atoms with Crippen molar-refractivity contribution in [3.63, 3.8) is 0 Å². The van der Waals surface area contributed by atoms with Crippen LogP contribution in [-0.4, -0.2) is 40.8 Å².